The van der Waals surface area contributed by atoms with Crippen molar-refractivity contribution in [1.82, 2.24) is 0 Å². The Bertz CT molecular complexity index is 867. The zero-order chi connectivity index (χ0) is 22.6. The molecule has 6 nitrogen and oxygen atoms in total. The fourth-order valence-corrected chi connectivity index (χ4v) is 4.22. The summed E-state index contributed by atoms with van der Waals surface area (Å²) < 4.78 is 17.5. The van der Waals surface area contributed by atoms with Gasteiger partial charge in [-0.15, -0.1) is 0 Å². The number of hydrogen-bond acceptors (Lipinski definition) is 6. The third-order valence-electron chi connectivity index (χ3n) is 5.91. The predicted octanol–water partition coefficient (Wildman–Crippen LogP) is 2.45. The zero-order valence-corrected chi connectivity index (χ0v) is 17.8. The van der Waals surface area contributed by atoms with E-state index in [-0.39, 0.29) is 6.61 Å². The van der Waals surface area contributed by atoms with Crippen LogP contribution in [0.4, 0.5) is 0 Å². The Balaban J connectivity index is 1.77. The Morgan fingerprint density at radius 3 is 1.53 bits per heavy atom. The summed E-state index contributed by atoms with van der Waals surface area (Å²) in [7, 11) is 1.37. The first-order chi connectivity index (χ1) is 15.6. The molecular formula is C26H28O6. The highest BCUT2D eigenvalue weighted by atomic mass is 16.7. The van der Waals surface area contributed by atoms with Gasteiger partial charge in [-0.2, -0.15) is 0 Å². The summed E-state index contributed by atoms with van der Waals surface area (Å²) in [6.45, 7) is -0.0521. The van der Waals surface area contributed by atoms with Crippen LogP contribution in [0.1, 0.15) is 16.7 Å². The Labute approximate surface area is 187 Å². The van der Waals surface area contributed by atoms with Gasteiger partial charge in [0.05, 0.1) is 6.61 Å². The van der Waals surface area contributed by atoms with Gasteiger partial charge in [-0.3, -0.25) is 0 Å². The van der Waals surface area contributed by atoms with Gasteiger partial charge >= 0.3 is 0 Å². The topological polar surface area (TPSA) is 88.4 Å². The molecule has 0 aromatic heterocycles. The number of ether oxygens (including phenoxy) is 3. The normalized spacial score (nSPS) is 26.1. The SMILES string of the molecule is CO[C@H]1OC(COC(c2ccccc2)(c2ccccc2)c2ccccc2)[C@H](O)C(O)[C@@H]1O. The fourth-order valence-electron chi connectivity index (χ4n) is 4.22. The number of methoxy groups -OCH3 is 1. The van der Waals surface area contributed by atoms with E-state index in [1.165, 1.54) is 7.11 Å². The Hall–Kier alpha value is -2.58. The molecule has 3 aromatic rings. The smallest absolute Gasteiger partial charge is 0.186 e. The van der Waals surface area contributed by atoms with Gasteiger partial charge < -0.3 is 29.5 Å². The molecular weight excluding hydrogens is 408 g/mol. The van der Waals surface area contributed by atoms with Gasteiger partial charge in [0.2, 0.25) is 0 Å². The molecule has 0 radical (unpaired) electrons. The number of aliphatic hydroxyl groups is 3. The van der Waals surface area contributed by atoms with Gasteiger partial charge in [0.25, 0.3) is 0 Å². The molecule has 1 aliphatic rings. The molecule has 1 saturated heterocycles. The van der Waals surface area contributed by atoms with Crippen LogP contribution in [-0.2, 0) is 19.8 Å². The molecule has 1 heterocycles. The van der Waals surface area contributed by atoms with Crippen LogP contribution in [0.3, 0.4) is 0 Å². The molecule has 0 aliphatic carbocycles. The third-order valence-corrected chi connectivity index (χ3v) is 5.91. The summed E-state index contributed by atoms with van der Waals surface area (Å²) in [4.78, 5) is 0. The number of aliphatic hydroxyl groups excluding tert-OH is 3. The van der Waals surface area contributed by atoms with E-state index in [4.69, 9.17) is 14.2 Å². The lowest BCUT2D eigenvalue weighted by molar-refractivity contribution is -0.299. The van der Waals surface area contributed by atoms with Crippen molar-refractivity contribution in [1.29, 1.82) is 0 Å². The third kappa shape index (κ3) is 4.21. The molecule has 3 N–H and O–H groups in total. The standard InChI is InChI=1S/C26H28O6/c1-30-25-24(29)23(28)22(27)21(32-25)17-31-26(18-11-5-2-6-12-18,19-13-7-3-8-14-19)20-15-9-4-10-16-20/h2-16,21-25,27-29H,17H2,1H3/t21?,22-,23?,24-,25-/m0/s1. The molecule has 6 heteroatoms. The van der Waals surface area contributed by atoms with Crippen LogP contribution in [0.25, 0.3) is 0 Å². The molecule has 0 spiro atoms. The Kier molecular flexibility index (Phi) is 7.01. The first-order valence-electron chi connectivity index (χ1n) is 10.6. The van der Waals surface area contributed by atoms with E-state index >= 15 is 0 Å². The monoisotopic (exact) mass is 436 g/mol. The minimum Gasteiger partial charge on any atom is -0.387 e. The quantitative estimate of drug-likeness (QED) is 0.493. The molecule has 4 rings (SSSR count). The van der Waals surface area contributed by atoms with Crippen LogP contribution in [-0.4, -0.2) is 59.7 Å². The molecule has 0 amide bonds. The summed E-state index contributed by atoms with van der Waals surface area (Å²) in [5.74, 6) is 0. The zero-order valence-electron chi connectivity index (χ0n) is 17.8. The minimum absolute atomic E-state index is 0.0521. The van der Waals surface area contributed by atoms with Gasteiger partial charge in [-0.1, -0.05) is 91.0 Å². The molecule has 32 heavy (non-hydrogen) atoms. The summed E-state index contributed by atoms with van der Waals surface area (Å²) in [5.41, 5.74) is 1.74. The highest BCUT2D eigenvalue weighted by molar-refractivity contribution is 5.47. The van der Waals surface area contributed by atoms with E-state index in [1.807, 2.05) is 91.0 Å². The second kappa shape index (κ2) is 9.92. The van der Waals surface area contributed by atoms with Crippen molar-refractivity contribution in [3.8, 4) is 0 Å². The average Bonchev–Trinajstić information content (AvgIpc) is 2.86. The summed E-state index contributed by atoms with van der Waals surface area (Å²) in [6.07, 6.45) is -6.08. The molecule has 3 aromatic carbocycles. The van der Waals surface area contributed by atoms with E-state index in [9.17, 15) is 15.3 Å². The Morgan fingerprint density at radius 2 is 1.12 bits per heavy atom. The molecule has 0 bridgehead atoms. The van der Waals surface area contributed by atoms with Crippen LogP contribution < -0.4 is 0 Å². The van der Waals surface area contributed by atoms with Crippen molar-refractivity contribution in [3.63, 3.8) is 0 Å². The molecule has 0 saturated carbocycles. The van der Waals surface area contributed by atoms with Gasteiger partial charge in [0.15, 0.2) is 6.29 Å². The lowest BCUT2D eigenvalue weighted by Gasteiger charge is -2.42. The van der Waals surface area contributed by atoms with Crippen LogP contribution in [0.2, 0.25) is 0 Å². The Morgan fingerprint density at radius 1 is 0.688 bits per heavy atom. The largest absolute Gasteiger partial charge is 0.387 e. The van der Waals surface area contributed by atoms with E-state index in [0.29, 0.717) is 0 Å². The first kappa shape index (κ1) is 22.6. The second-order valence-electron chi connectivity index (χ2n) is 7.84. The van der Waals surface area contributed by atoms with E-state index in [0.717, 1.165) is 16.7 Å². The molecule has 2 unspecified atom stereocenters. The average molecular weight is 437 g/mol. The number of rotatable bonds is 7. The van der Waals surface area contributed by atoms with Crippen molar-refractivity contribution in [2.75, 3.05) is 13.7 Å². The highest BCUT2D eigenvalue weighted by Gasteiger charge is 2.46. The van der Waals surface area contributed by atoms with Gasteiger partial charge in [0.1, 0.15) is 30.0 Å². The summed E-state index contributed by atoms with van der Waals surface area (Å²) >= 11 is 0. The van der Waals surface area contributed by atoms with Gasteiger partial charge in [0, 0.05) is 7.11 Å². The molecule has 168 valence electrons. The lowest BCUT2D eigenvalue weighted by Crippen LogP contribution is -2.59. The van der Waals surface area contributed by atoms with Crippen molar-refractivity contribution in [2.24, 2.45) is 0 Å². The first-order valence-corrected chi connectivity index (χ1v) is 10.6. The summed E-state index contributed by atoms with van der Waals surface area (Å²) in [5, 5.41) is 30.9. The lowest BCUT2D eigenvalue weighted by atomic mass is 9.80. The van der Waals surface area contributed by atoms with Crippen molar-refractivity contribution >= 4 is 0 Å². The van der Waals surface area contributed by atoms with Crippen molar-refractivity contribution in [3.05, 3.63) is 108 Å². The molecule has 1 fully saturated rings. The highest BCUT2D eigenvalue weighted by Crippen LogP contribution is 2.41. The predicted molar refractivity (Wildman–Crippen MR) is 119 cm³/mol. The van der Waals surface area contributed by atoms with Crippen molar-refractivity contribution < 1.29 is 29.5 Å². The fraction of sp³-hybridized carbons (Fsp3) is 0.308. The maximum atomic E-state index is 10.6. The van der Waals surface area contributed by atoms with Crippen molar-refractivity contribution in [2.45, 2.75) is 36.3 Å². The maximum absolute atomic E-state index is 10.6. The minimum atomic E-state index is -1.41. The van der Waals surface area contributed by atoms with Gasteiger partial charge in [-0.25, -0.2) is 0 Å². The number of hydrogen-bond donors (Lipinski definition) is 3. The van der Waals surface area contributed by atoms with Gasteiger partial charge in [-0.05, 0) is 16.7 Å². The number of benzene rings is 3. The van der Waals surface area contributed by atoms with E-state index in [1.54, 1.807) is 0 Å². The van der Waals surface area contributed by atoms with Crippen LogP contribution in [0.15, 0.2) is 91.0 Å². The maximum Gasteiger partial charge on any atom is 0.186 e. The second-order valence-corrected chi connectivity index (χ2v) is 7.84. The van der Waals surface area contributed by atoms with Crippen LogP contribution >= 0.6 is 0 Å². The molecule has 1 aliphatic heterocycles. The molecule has 5 atom stereocenters. The van der Waals surface area contributed by atoms with Crippen LogP contribution in [0.5, 0.6) is 0 Å². The van der Waals surface area contributed by atoms with Crippen LogP contribution in [0, 0.1) is 0 Å². The van der Waals surface area contributed by atoms with E-state index < -0.39 is 36.3 Å². The van der Waals surface area contributed by atoms with E-state index in [2.05, 4.69) is 0 Å². The summed E-state index contributed by atoms with van der Waals surface area (Å²) in [6, 6.07) is 29.5.